The molecule has 0 atom stereocenters. The Hall–Kier alpha value is -2.80. The second-order valence-corrected chi connectivity index (χ2v) is 5.88. The number of aromatic hydroxyl groups is 1. The van der Waals surface area contributed by atoms with Crippen LogP contribution in [0.3, 0.4) is 0 Å². The number of anilines is 2. The van der Waals surface area contributed by atoms with Gasteiger partial charge in [0.1, 0.15) is 11.5 Å². The Morgan fingerprint density at radius 3 is 2.46 bits per heavy atom. The van der Waals surface area contributed by atoms with E-state index in [0.717, 1.165) is 30.2 Å². The number of phenols is 1. The van der Waals surface area contributed by atoms with E-state index in [2.05, 4.69) is 34.6 Å². The van der Waals surface area contributed by atoms with E-state index >= 15 is 0 Å². The standard InChI is InChI=1S/C19H24N4O2S/c1-4-23(5-2)16-9-6-14(18(24)12-16)13-20-22-19(26)21-15-7-10-17(25-3)11-8-15/h6-13,24H,4-5H2,1-3H3,(H2,21,22,26)/b20-13+. The molecule has 0 fully saturated rings. The zero-order chi connectivity index (χ0) is 18.9. The van der Waals surface area contributed by atoms with Gasteiger partial charge in [0, 0.05) is 36.1 Å². The molecule has 0 aromatic heterocycles. The predicted molar refractivity (Wildman–Crippen MR) is 112 cm³/mol. The minimum absolute atomic E-state index is 0.175. The Bertz CT molecular complexity index is 759. The lowest BCUT2D eigenvalue weighted by Crippen LogP contribution is -2.23. The van der Waals surface area contributed by atoms with E-state index in [1.165, 1.54) is 6.21 Å². The fourth-order valence-corrected chi connectivity index (χ4v) is 2.59. The second-order valence-electron chi connectivity index (χ2n) is 5.47. The molecule has 6 nitrogen and oxygen atoms in total. The van der Waals surface area contributed by atoms with Crippen LogP contribution in [0.2, 0.25) is 0 Å². The Kier molecular flexibility index (Phi) is 7.23. The van der Waals surface area contributed by atoms with Crippen LogP contribution in [0.5, 0.6) is 11.5 Å². The third kappa shape index (κ3) is 5.35. The largest absolute Gasteiger partial charge is 0.507 e. The van der Waals surface area contributed by atoms with E-state index in [9.17, 15) is 5.11 Å². The number of thiocarbonyl (C=S) groups is 1. The van der Waals surface area contributed by atoms with Gasteiger partial charge in [-0.3, -0.25) is 5.43 Å². The van der Waals surface area contributed by atoms with Gasteiger partial charge in [-0.1, -0.05) is 0 Å². The summed E-state index contributed by atoms with van der Waals surface area (Å²) in [5.41, 5.74) is 5.15. The maximum absolute atomic E-state index is 10.2. The van der Waals surface area contributed by atoms with Crippen LogP contribution in [-0.2, 0) is 0 Å². The number of hydrogen-bond acceptors (Lipinski definition) is 5. The van der Waals surface area contributed by atoms with Crippen molar-refractivity contribution in [1.29, 1.82) is 0 Å². The van der Waals surface area contributed by atoms with Crippen molar-refractivity contribution in [2.45, 2.75) is 13.8 Å². The van der Waals surface area contributed by atoms with Crippen LogP contribution in [0.1, 0.15) is 19.4 Å². The Morgan fingerprint density at radius 1 is 1.19 bits per heavy atom. The second kappa shape index (κ2) is 9.62. The molecule has 2 aromatic rings. The van der Waals surface area contributed by atoms with Crippen molar-refractivity contribution in [3.05, 3.63) is 48.0 Å². The molecule has 7 heteroatoms. The van der Waals surface area contributed by atoms with Crippen LogP contribution in [0.15, 0.2) is 47.6 Å². The topological polar surface area (TPSA) is 69.1 Å². The van der Waals surface area contributed by atoms with Crippen LogP contribution >= 0.6 is 12.2 Å². The summed E-state index contributed by atoms with van der Waals surface area (Å²) in [5.74, 6) is 0.949. The maximum Gasteiger partial charge on any atom is 0.191 e. The molecular formula is C19H24N4O2S. The zero-order valence-electron chi connectivity index (χ0n) is 15.2. The lowest BCUT2D eigenvalue weighted by Gasteiger charge is -2.21. The van der Waals surface area contributed by atoms with E-state index in [1.807, 2.05) is 36.4 Å². The molecule has 0 saturated carbocycles. The summed E-state index contributed by atoms with van der Waals surface area (Å²) in [6.45, 7) is 5.93. The average molecular weight is 372 g/mol. The van der Waals surface area contributed by atoms with Gasteiger partial charge in [0.2, 0.25) is 0 Å². The normalized spacial score (nSPS) is 10.6. The van der Waals surface area contributed by atoms with E-state index in [4.69, 9.17) is 17.0 Å². The first kappa shape index (κ1) is 19.5. The predicted octanol–water partition coefficient (Wildman–Crippen LogP) is 3.57. The van der Waals surface area contributed by atoms with Crippen LogP contribution in [-0.4, -0.2) is 36.6 Å². The molecule has 0 unspecified atom stereocenters. The first-order valence-electron chi connectivity index (χ1n) is 8.39. The highest BCUT2D eigenvalue weighted by Gasteiger charge is 2.05. The number of phenolic OH excluding ortho intramolecular Hbond substituents is 1. The number of hydrazone groups is 1. The summed E-state index contributed by atoms with van der Waals surface area (Å²) in [6.07, 6.45) is 1.53. The summed E-state index contributed by atoms with van der Waals surface area (Å²) in [5, 5.41) is 17.6. The number of nitrogens with zero attached hydrogens (tertiary/aromatic N) is 2. The lowest BCUT2D eigenvalue weighted by molar-refractivity contribution is 0.415. The summed E-state index contributed by atoms with van der Waals surface area (Å²) >= 11 is 5.20. The quantitative estimate of drug-likeness (QED) is 0.392. The number of ether oxygens (including phenoxy) is 1. The zero-order valence-corrected chi connectivity index (χ0v) is 16.0. The third-order valence-corrected chi connectivity index (χ3v) is 4.05. The van der Waals surface area contributed by atoms with Crippen molar-refractivity contribution in [3.63, 3.8) is 0 Å². The third-order valence-electron chi connectivity index (χ3n) is 3.86. The SMILES string of the molecule is CCN(CC)c1ccc(/C=N/NC(=S)Nc2ccc(OC)cc2)c(O)c1. The van der Waals surface area contributed by atoms with Crippen molar-refractivity contribution >= 4 is 34.9 Å². The lowest BCUT2D eigenvalue weighted by atomic mass is 10.2. The van der Waals surface area contributed by atoms with Crippen molar-refractivity contribution in [1.82, 2.24) is 5.43 Å². The van der Waals surface area contributed by atoms with Crippen molar-refractivity contribution < 1.29 is 9.84 Å². The Morgan fingerprint density at radius 2 is 1.88 bits per heavy atom. The smallest absolute Gasteiger partial charge is 0.191 e. The van der Waals surface area contributed by atoms with Gasteiger partial charge in [0.05, 0.1) is 13.3 Å². The molecule has 0 aliphatic rings. The highest BCUT2D eigenvalue weighted by molar-refractivity contribution is 7.80. The number of hydrogen-bond donors (Lipinski definition) is 3. The number of nitrogens with one attached hydrogen (secondary N) is 2. The van der Waals surface area contributed by atoms with Gasteiger partial charge in [-0.2, -0.15) is 5.10 Å². The van der Waals surface area contributed by atoms with Crippen molar-refractivity contribution in [3.8, 4) is 11.5 Å². The fraction of sp³-hybridized carbons (Fsp3) is 0.263. The van der Waals surface area contributed by atoms with Gasteiger partial charge in [-0.05, 0) is 62.5 Å². The summed E-state index contributed by atoms with van der Waals surface area (Å²) < 4.78 is 5.11. The molecule has 3 N–H and O–H groups in total. The first-order valence-corrected chi connectivity index (χ1v) is 8.80. The monoisotopic (exact) mass is 372 g/mol. The van der Waals surface area contributed by atoms with Gasteiger partial charge >= 0.3 is 0 Å². The van der Waals surface area contributed by atoms with Gasteiger partial charge in [-0.25, -0.2) is 0 Å². The number of rotatable bonds is 7. The van der Waals surface area contributed by atoms with Crippen molar-refractivity contribution in [2.75, 3.05) is 30.4 Å². The molecule has 0 bridgehead atoms. The summed E-state index contributed by atoms with van der Waals surface area (Å²) in [4.78, 5) is 2.16. The maximum atomic E-state index is 10.2. The van der Waals surface area contributed by atoms with E-state index in [-0.39, 0.29) is 5.75 Å². The van der Waals surface area contributed by atoms with Gasteiger partial charge in [-0.15, -0.1) is 0 Å². The molecule has 0 spiro atoms. The molecule has 0 aliphatic carbocycles. The average Bonchev–Trinajstić information content (AvgIpc) is 2.65. The van der Waals surface area contributed by atoms with Crippen LogP contribution in [0.4, 0.5) is 11.4 Å². The minimum atomic E-state index is 0.175. The Labute approximate surface area is 159 Å². The van der Waals surface area contributed by atoms with Crippen LogP contribution in [0, 0.1) is 0 Å². The summed E-state index contributed by atoms with van der Waals surface area (Å²) in [6, 6.07) is 12.9. The highest BCUT2D eigenvalue weighted by Crippen LogP contribution is 2.23. The van der Waals surface area contributed by atoms with Crippen molar-refractivity contribution in [2.24, 2.45) is 5.10 Å². The minimum Gasteiger partial charge on any atom is -0.507 e. The fourth-order valence-electron chi connectivity index (χ4n) is 2.42. The molecular weight excluding hydrogens is 348 g/mol. The van der Waals surface area contributed by atoms with Crippen LogP contribution < -0.4 is 20.4 Å². The number of methoxy groups -OCH3 is 1. The Balaban J connectivity index is 1.93. The molecule has 0 heterocycles. The molecule has 138 valence electrons. The first-order chi connectivity index (χ1) is 12.6. The van der Waals surface area contributed by atoms with Gasteiger partial charge in [0.25, 0.3) is 0 Å². The van der Waals surface area contributed by atoms with Crippen LogP contribution in [0.25, 0.3) is 0 Å². The van der Waals surface area contributed by atoms with E-state index in [1.54, 1.807) is 13.2 Å². The molecule has 0 amide bonds. The molecule has 0 radical (unpaired) electrons. The molecule has 2 rings (SSSR count). The molecule has 2 aromatic carbocycles. The van der Waals surface area contributed by atoms with Gasteiger partial charge in [0.15, 0.2) is 5.11 Å². The molecule has 26 heavy (non-hydrogen) atoms. The highest BCUT2D eigenvalue weighted by atomic mass is 32.1. The van der Waals surface area contributed by atoms with E-state index in [0.29, 0.717) is 10.7 Å². The summed E-state index contributed by atoms with van der Waals surface area (Å²) in [7, 11) is 1.62. The molecule has 0 saturated heterocycles. The van der Waals surface area contributed by atoms with Gasteiger partial charge < -0.3 is 20.1 Å². The molecule has 0 aliphatic heterocycles. The van der Waals surface area contributed by atoms with E-state index < -0.39 is 0 Å². The number of benzene rings is 2.